The Hall–Kier alpha value is -1.81. The summed E-state index contributed by atoms with van der Waals surface area (Å²) in [4.78, 5) is 45.1. The minimum absolute atomic E-state index is 0.255. The molecule has 0 saturated carbocycles. The number of ether oxygens (including phenoxy) is 5. The van der Waals surface area contributed by atoms with E-state index in [1.54, 1.807) is 0 Å². The van der Waals surface area contributed by atoms with Crippen LogP contribution in [0, 0.1) is 0 Å². The van der Waals surface area contributed by atoms with E-state index in [0.29, 0.717) is 0 Å². The predicted molar refractivity (Wildman–Crippen MR) is 80.9 cm³/mol. The number of hydrogen-bond donors (Lipinski definition) is 1. The Labute approximate surface area is 144 Å². The summed E-state index contributed by atoms with van der Waals surface area (Å²) in [5.74, 6) is -2.57. The second-order valence-electron chi connectivity index (χ2n) is 5.09. The highest BCUT2D eigenvalue weighted by molar-refractivity contribution is 7.80. The van der Waals surface area contributed by atoms with Gasteiger partial charge in [0.25, 0.3) is 0 Å². The maximum Gasteiger partial charge on any atom is 0.303 e. The van der Waals surface area contributed by atoms with Crippen molar-refractivity contribution in [3.05, 3.63) is 0 Å². The Morgan fingerprint density at radius 3 is 1.71 bits per heavy atom. The molecule has 0 spiro atoms. The number of carbonyl (C=O) groups excluding carboxylic acids is 4. The number of hydrogen-bond acceptors (Lipinski definition) is 10. The minimum Gasteiger partial charge on any atom is -0.463 e. The van der Waals surface area contributed by atoms with Crippen LogP contribution in [0.2, 0.25) is 0 Å². The minimum atomic E-state index is -1.16. The maximum atomic E-state index is 11.4. The lowest BCUT2D eigenvalue weighted by Crippen LogP contribution is -2.61. The van der Waals surface area contributed by atoms with Crippen molar-refractivity contribution in [2.24, 2.45) is 0 Å². The Bertz CT molecular complexity index is 506. The van der Waals surface area contributed by atoms with Crippen molar-refractivity contribution >= 4 is 36.5 Å². The lowest BCUT2D eigenvalue weighted by molar-refractivity contribution is -0.237. The molecule has 1 saturated heterocycles. The fourth-order valence-corrected chi connectivity index (χ4v) is 2.59. The van der Waals surface area contributed by atoms with Crippen LogP contribution in [0.5, 0.6) is 0 Å². The molecule has 1 fully saturated rings. The van der Waals surface area contributed by atoms with Crippen molar-refractivity contribution in [2.45, 2.75) is 57.5 Å². The number of esters is 4. The highest BCUT2D eigenvalue weighted by Gasteiger charge is 2.51. The van der Waals surface area contributed by atoms with Crippen molar-refractivity contribution in [1.29, 1.82) is 0 Å². The number of thiol groups is 1. The van der Waals surface area contributed by atoms with Gasteiger partial charge < -0.3 is 23.7 Å². The normalized spacial score (nSPS) is 29.3. The summed E-state index contributed by atoms with van der Waals surface area (Å²) in [6.45, 7) is 4.42. The molecular weight excluding hydrogens is 344 g/mol. The van der Waals surface area contributed by atoms with Gasteiger partial charge in [-0.1, -0.05) is 0 Å². The summed E-state index contributed by atoms with van der Waals surface area (Å²) in [6.07, 6.45) is -4.35. The van der Waals surface area contributed by atoms with Crippen molar-refractivity contribution in [1.82, 2.24) is 0 Å². The van der Waals surface area contributed by atoms with Crippen LogP contribution in [0.1, 0.15) is 27.7 Å². The fourth-order valence-electron chi connectivity index (χ4n) is 2.21. The summed E-state index contributed by atoms with van der Waals surface area (Å²) in [6, 6.07) is 0. The molecule has 136 valence electrons. The van der Waals surface area contributed by atoms with E-state index >= 15 is 0 Å². The molecule has 1 aliphatic heterocycles. The van der Waals surface area contributed by atoms with Gasteiger partial charge in [0.2, 0.25) is 0 Å². The van der Waals surface area contributed by atoms with E-state index in [9.17, 15) is 19.2 Å². The molecule has 5 atom stereocenters. The van der Waals surface area contributed by atoms with Crippen LogP contribution in [0.3, 0.4) is 0 Å². The van der Waals surface area contributed by atoms with Gasteiger partial charge >= 0.3 is 23.9 Å². The largest absolute Gasteiger partial charge is 0.463 e. The van der Waals surface area contributed by atoms with Crippen LogP contribution in [0.4, 0.5) is 0 Å². The molecule has 0 radical (unpaired) electrons. The van der Waals surface area contributed by atoms with E-state index in [-0.39, 0.29) is 6.61 Å². The number of carbonyl (C=O) groups is 4. The van der Waals surface area contributed by atoms with Gasteiger partial charge in [-0.05, 0) is 0 Å². The first kappa shape index (κ1) is 20.2. The topological polar surface area (TPSA) is 114 Å². The standard InChI is InChI=1S/C14H20O9S/c1-6(15)19-5-10-11(20-7(2)16)12(21-8(3)17)13(14(24)23-10)22-9(4)18/h10-14,24H,5H2,1-4H3/t10-,11+,12+,13-,14?/m1/s1. The molecule has 24 heavy (non-hydrogen) atoms. The quantitative estimate of drug-likeness (QED) is 0.409. The fraction of sp³-hybridized carbons (Fsp3) is 0.714. The van der Waals surface area contributed by atoms with E-state index < -0.39 is 53.7 Å². The zero-order valence-electron chi connectivity index (χ0n) is 13.7. The first-order chi connectivity index (χ1) is 11.1. The maximum absolute atomic E-state index is 11.4. The molecule has 9 nitrogen and oxygen atoms in total. The monoisotopic (exact) mass is 364 g/mol. The van der Waals surface area contributed by atoms with E-state index in [2.05, 4.69) is 12.6 Å². The Kier molecular flexibility index (Phi) is 7.49. The second kappa shape index (κ2) is 8.88. The third-order valence-corrected chi connectivity index (χ3v) is 3.38. The summed E-state index contributed by atoms with van der Waals surface area (Å²) < 4.78 is 25.8. The lowest BCUT2D eigenvalue weighted by Gasteiger charge is -2.42. The molecule has 0 amide bonds. The van der Waals surface area contributed by atoms with Crippen molar-refractivity contribution in [3.8, 4) is 0 Å². The molecule has 0 aromatic heterocycles. The Balaban J connectivity index is 3.11. The van der Waals surface area contributed by atoms with Gasteiger partial charge in [-0.25, -0.2) is 0 Å². The second-order valence-corrected chi connectivity index (χ2v) is 5.60. The molecule has 0 aliphatic carbocycles. The van der Waals surface area contributed by atoms with Crippen LogP contribution >= 0.6 is 12.6 Å². The van der Waals surface area contributed by atoms with Crippen molar-refractivity contribution in [2.75, 3.05) is 6.61 Å². The molecule has 0 aromatic carbocycles. The zero-order chi connectivity index (χ0) is 18.4. The highest BCUT2D eigenvalue weighted by atomic mass is 32.1. The van der Waals surface area contributed by atoms with Crippen LogP contribution in [-0.2, 0) is 42.9 Å². The summed E-state index contributed by atoms with van der Waals surface area (Å²) in [5.41, 5.74) is -0.981. The Morgan fingerprint density at radius 1 is 0.792 bits per heavy atom. The molecule has 0 bridgehead atoms. The van der Waals surface area contributed by atoms with Gasteiger partial charge in [0.05, 0.1) is 0 Å². The first-order valence-electron chi connectivity index (χ1n) is 7.10. The van der Waals surface area contributed by atoms with E-state index in [1.807, 2.05) is 0 Å². The molecule has 1 unspecified atom stereocenters. The average Bonchev–Trinajstić information content (AvgIpc) is 2.42. The van der Waals surface area contributed by atoms with E-state index in [4.69, 9.17) is 23.7 Å². The molecule has 0 aromatic rings. The molecular formula is C14H20O9S. The van der Waals surface area contributed by atoms with Gasteiger partial charge in [-0.2, -0.15) is 0 Å². The van der Waals surface area contributed by atoms with Crippen LogP contribution in [0.25, 0.3) is 0 Å². The van der Waals surface area contributed by atoms with Gasteiger partial charge in [-0.15, -0.1) is 12.6 Å². The van der Waals surface area contributed by atoms with Crippen LogP contribution in [0.15, 0.2) is 0 Å². The van der Waals surface area contributed by atoms with Crippen LogP contribution in [-0.4, -0.2) is 60.3 Å². The molecule has 1 rings (SSSR count). The van der Waals surface area contributed by atoms with Gasteiger partial charge in [0.15, 0.2) is 18.3 Å². The zero-order valence-corrected chi connectivity index (χ0v) is 14.6. The molecule has 0 N–H and O–H groups in total. The lowest BCUT2D eigenvalue weighted by atomic mass is 9.99. The summed E-state index contributed by atoms with van der Waals surface area (Å²) in [7, 11) is 0. The molecule has 1 aliphatic rings. The molecule has 1 heterocycles. The van der Waals surface area contributed by atoms with E-state index in [1.165, 1.54) is 6.92 Å². The average molecular weight is 364 g/mol. The van der Waals surface area contributed by atoms with Gasteiger partial charge in [0, 0.05) is 27.7 Å². The smallest absolute Gasteiger partial charge is 0.303 e. The van der Waals surface area contributed by atoms with E-state index in [0.717, 1.165) is 20.8 Å². The van der Waals surface area contributed by atoms with Crippen molar-refractivity contribution < 1.29 is 42.9 Å². The molecule has 10 heteroatoms. The van der Waals surface area contributed by atoms with Gasteiger partial charge in [0.1, 0.15) is 18.1 Å². The highest BCUT2D eigenvalue weighted by Crippen LogP contribution is 2.30. The predicted octanol–water partition coefficient (Wildman–Crippen LogP) is -0.000700. The number of rotatable bonds is 5. The summed E-state index contributed by atoms with van der Waals surface area (Å²) in [5, 5.41) is 0. The Morgan fingerprint density at radius 2 is 1.25 bits per heavy atom. The SMILES string of the molecule is CC(=O)OC[C@H]1OC(S)[C@H](OC(C)=O)[C@@H](OC(C)=O)[C@H]1OC(C)=O. The summed E-state index contributed by atoms with van der Waals surface area (Å²) >= 11 is 4.18. The third kappa shape index (κ3) is 6.00. The van der Waals surface area contributed by atoms with Crippen LogP contribution < -0.4 is 0 Å². The van der Waals surface area contributed by atoms with Crippen molar-refractivity contribution in [3.63, 3.8) is 0 Å². The first-order valence-corrected chi connectivity index (χ1v) is 7.62. The van der Waals surface area contributed by atoms with Gasteiger partial charge in [-0.3, -0.25) is 19.2 Å². The third-order valence-electron chi connectivity index (χ3n) is 2.97.